The van der Waals surface area contributed by atoms with Gasteiger partial charge in [-0.15, -0.1) is 0 Å². The summed E-state index contributed by atoms with van der Waals surface area (Å²) < 4.78 is 10.6. The molecule has 1 atom stereocenters. The lowest BCUT2D eigenvalue weighted by Crippen LogP contribution is -2.41. The average Bonchev–Trinajstić information content (AvgIpc) is 2.29. The van der Waals surface area contributed by atoms with Crippen molar-refractivity contribution in [3.63, 3.8) is 0 Å². The number of ether oxygens (including phenoxy) is 2. The zero-order valence-corrected chi connectivity index (χ0v) is 11.3. The smallest absolute Gasteiger partial charge is 0.310 e. The molecule has 0 aliphatic carbocycles. The third-order valence-corrected chi connectivity index (χ3v) is 2.98. The van der Waals surface area contributed by atoms with Crippen molar-refractivity contribution >= 4 is 5.97 Å². The molecule has 1 fully saturated rings. The Labute approximate surface area is 104 Å². The molecule has 0 amide bonds. The Morgan fingerprint density at radius 2 is 2.24 bits per heavy atom. The Balaban J connectivity index is 2.26. The number of nitrogens with zero attached hydrogens (tertiary/aromatic N) is 1. The van der Waals surface area contributed by atoms with E-state index in [9.17, 15) is 4.79 Å². The van der Waals surface area contributed by atoms with Crippen molar-refractivity contribution in [2.45, 2.75) is 39.7 Å². The zero-order valence-electron chi connectivity index (χ0n) is 11.3. The first kappa shape index (κ1) is 14.5. The number of esters is 1. The second-order valence-electron chi connectivity index (χ2n) is 4.81. The van der Waals surface area contributed by atoms with Crippen molar-refractivity contribution in [1.82, 2.24) is 4.90 Å². The van der Waals surface area contributed by atoms with Crippen molar-refractivity contribution in [2.75, 3.05) is 32.8 Å². The maximum absolute atomic E-state index is 11.6. The highest BCUT2D eigenvalue weighted by molar-refractivity contribution is 5.72. The second kappa shape index (κ2) is 7.67. The van der Waals surface area contributed by atoms with E-state index < -0.39 is 0 Å². The second-order valence-corrected chi connectivity index (χ2v) is 4.81. The molecule has 17 heavy (non-hydrogen) atoms. The highest BCUT2D eigenvalue weighted by Crippen LogP contribution is 2.17. The van der Waals surface area contributed by atoms with Crippen LogP contribution in [-0.2, 0) is 14.3 Å². The van der Waals surface area contributed by atoms with Gasteiger partial charge in [0.05, 0.1) is 25.2 Å². The van der Waals surface area contributed by atoms with Crippen molar-refractivity contribution in [3.8, 4) is 0 Å². The molecule has 1 heterocycles. The van der Waals surface area contributed by atoms with Crippen LogP contribution in [0.3, 0.4) is 0 Å². The van der Waals surface area contributed by atoms with Crippen molar-refractivity contribution in [2.24, 2.45) is 5.92 Å². The van der Waals surface area contributed by atoms with E-state index in [1.54, 1.807) is 0 Å². The van der Waals surface area contributed by atoms with E-state index in [0.29, 0.717) is 6.61 Å². The number of piperidine rings is 1. The molecule has 1 rings (SSSR count). The number of likely N-dealkylation sites (tertiary alicyclic amines) is 1. The van der Waals surface area contributed by atoms with Gasteiger partial charge in [-0.05, 0) is 40.2 Å². The van der Waals surface area contributed by atoms with Gasteiger partial charge in [-0.2, -0.15) is 0 Å². The van der Waals surface area contributed by atoms with Gasteiger partial charge < -0.3 is 14.4 Å². The lowest BCUT2D eigenvalue weighted by Gasteiger charge is -2.31. The van der Waals surface area contributed by atoms with Gasteiger partial charge >= 0.3 is 5.97 Å². The van der Waals surface area contributed by atoms with Crippen LogP contribution in [-0.4, -0.2) is 49.8 Å². The molecule has 0 bridgehead atoms. The minimum absolute atomic E-state index is 0.0398. The molecule has 0 aromatic rings. The molecule has 1 aliphatic rings. The SMILES string of the molecule is CCOC(=O)[C@@H]1CCCN(CCOC(C)C)C1. The minimum atomic E-state index is -0.0398. The Morgan fingerprint density at radius 1 is 1.47 bits per heavy atom. The zero-order chi connectivity index (χ0) is 12.7. The molecule has 100 valence electrons. The van der Waals surface area contributed by atoms with Crippen LogP contribution in [0.2, 0.25) is 0 Å². The summed E-state index contributed by atoms with van der Waals surface area (Å²) in [6.45, 7) is 9.95. The molecular formula is C13H25NO3. The van der Waals surface area contributed by atoms with E-state index in [2.05, 4.69) is 4.90 Å². The van der Waals surface area contributed by atoms with Gasteiger partial charge in [0.15, 0.2) is 0 Å². The molecule has 0 radical (unpaired) electrons. The van der Waals surface area contributed by atoms with Crippen LogP contribution in [0.25, 0.3) is 0 Å². The van der Waals surface area contributed by atoms with Gasteiger partial charge in [-0.1, -0.05) is 0 Å². The van der Waals surface area contributed by atoms with Crippen LogP contribution in [0, 0.1) is 5.92 Å². The third kappa shape index (κ3) is 5.50. The topological polar surface area (TPSA) is 38.8 Å². The molecule has 0 unspecified atom stereocenters. The van der Waals surface area contributed by atoms with Gasteiger partial charge in [-0.3, -0.25) is 4.79 Å². The van der Waals surface area contributed by atoms with Crippen LogP contribution in [0.15, 0.2) is 0 Å². The van der Waals surface area contributed by atoms with E-state index in [-0.39, 0.29) is 18.0 Å². The highest BCUT2D eigenvalue weighted by Gasteiger charge is 2.26. The fourth-order valence-electron chi connectivity index (χ4n) is 2.13. The molecule has 0 N–H and O–H groups in total. The maximum atomic E-state index is 11.6. The van der Waals surface area contributed by atoms with Crippen molar-refractivity contribution in [1.29, 1.82) is 0 Å². The monoisotopic (exact) mass is 243 g/mol. The molecule has 4 heteroatoms. The summed E-state index contributed by atoms with van der Waals surface area (Å²) in [6, 6.07) is 0. The Kier molecular flexibility index (Phi) is 6.52. The number of carbonyl (C=O) groups excluding carboxylic acids is 1. The summed E-state index contributed by atoms with van der Waals surface area (Å²) in [5, 5.41) is 0. The number of rotatable bonds is 6. The predicted molar refractivity (Wildman–Crippen MR) is 66.9 cm³/mol. The van der Waals surface area contributed by atoms with Crippen LogP contribution in [0.1, 0.15) is 33.6 Å². The standard InChI is InChI=1S/C13H25NO3/c1-4-16-13(15)12-6-5-7-14(10-12)8-9-17-11(2)3/h11-12H,4-10H2,1-3H3/t12-/m1/s1. The Morgan fingerprint density at radius 3 is 2.88 bits per heavy atom. The van der Waals surface area contributed by atoms with Crippen LogP contribution >= 0.6 is 0 Å². The van der Waals surface area contributed by atoms with E-state index in [0.717, 1.165) is 39.1 Å². The predicted octanol–water partition coefficient (Wildman–Crippen LogP) is 1.69. The fourth-order valence-corrected chi connectivity index (χ4v) is 2.13. The summed E-state index contributed by atoms with van der Waals surface area (Å²) >= 11 is 0. The summed E-state index contributed by atoms with van der Waals surface area (Å²) in [7, 11) is 0. The van der Waals surface area contributed by atoms with Crippen molar-refractivity contribution in [3.05, 3.63) is 0 Å². The first-order chi connectivity index (χ1) is 8.13. The van der Waals surface area contributed by atoms with Crippen LogP contribution < -0.4 is 0 Å². The molecule has 1 saturated heterocycles. The first-order valence-corrected chi connectivity index (χ1v) is 6.64. The number of carbonyl (C=O) groups is 1. The minimum Gasteiger partial charge on any atom is -0.466 e. The summed E-state index contributed by atoms with van der Waals surface area (Å²) in [6.07, 6.45) is 2.31. The molecule has 4 nitrogen and oxygen atoms in total. The molecule has 0 aromatic heterocycles. The largest absolute Gasteiger partial charge is 0.466 e. The van der Waals surface area contributed by atoms with E-state index in [1.807, 2.05) is 20.8 Å². The van der Waals surface area contributed by atoms with E-state index >= 15 is 0 Å². The molecular weight excluding hydrogens is 218 g/mol. The van der Waals surface area contributed by atoms with Gasteiger partial charge in [0, 0.05) is 13.1 Å². The van der Waals surface area contributed by atoms with E-state index in [1.165, 1.54) is 0 Å². The Bertz CT molecular complexity index is 231. The van der Waals surface area contributed by atoms with Gasteiger partial charge in [-0.25, -0.2) is 0 Å². The number of hydrogen-bond donors (Lipinski definition) is 0. The molecule has 0 aromatic carbocycles. The molecule has 0 spiro atoms. The third-order valence-electron chi connectivity index (χ3n) is 2.98. The first-order valence-electron chi connectivity index (χ1n) is 6.64. The lowest BCUT2D eigenvalue weighted by molar-refractivity contribution is -0.150. The van der Waals surface area contributed by atoms with Gasteiger partial charge in [0.1, 0.15) is 0 Å². The summed E-state index contributed by atoms with van der Waals surface area (Å²) in [5.74, 6) is 0.0183. The normalized spacial score (nSPS) is 21.8. The van der Waals surface area contributed by atoms with E-state index in [4.69, 9.17) is 9.47 Å². The fraction of sp³-hybridized carbons (Fsp3) is 0.923. The van der Waals surface area contributed by atoms with Gasteiger partial charge in [0.25, 0.3) is 0 Å². The summed E-state index contributed by atoms with van der Waals surface area (Å²) in [4.78, 5) is 13.9. The van der Waals surface area contributed by atoms with Crippen LogP contribution in [0.5, 0.6) is 0 Å². The maximum Gasteiger partial charge on any atom is 0.310 e. The lowest BCUT2D eigenvalue weighted by atomic mass is 9.98. The van der Waals surface area contributed by atoms with Crippen molar-refractivity contribution < 1.29 is 14.3 Å². The van der Waals surface area contributed by atoms with Gasteiger partial charge in [0.2, 0.25) is 0 Å². The number of hydrogen-bond acceptors (Lipinski definition) is 4. The summed E-state index contributed by atoms with van der Waals surface area (Å²) in [5.41, 5.74) is 0. The molecule has 1 aliphatic heterocycles. The highest BCUT2D eigenvalue weighted by atomic mass is 16.5. The molecule has 0 saturated carbocycles. The quantitative estimate of drug-likeness (QED) is 0.665. The van der Waals surface area contributed by atoms with Crippen LogP contribution in [0.4, 0.5) is 0 Å². The average molecular weight is 243 g/mol. The Hall–Kier alpha value is -0.610.